The van der Waals surface area contributed by atoms with Crippen molar-refractivity contribution in [3.05, 3.63) is 64.0 Å². The zero-order chi connectivity index (χ0) is 17.4. The summed E-state index contributed by atoms with van der Waals surface area (Å²) in [6, 6.07) is 15.8. The molecule has 0 bridgehead atoms. The van der Waals surface area contributed by atoms with Crippen molar-refractivity contribution < 1.29 is 4.79 Å². The normalized spacial score (nSPS) is 14.1. The highest BCUT2D eigenvalue weighted by atomic mass is 32.1. The van der Waals surface area contributed by atoms with Crippen molar-refractivity contribution in [2.75, 3.05) is 18.9 Å². The standard InChI is InChI=1S/C20H17N3OS/c1-23-10-9-15-17(11-21)20(25-18(15)12-23)22-19(24)16-8-4-6-13-5-2-3-7-14(13)16/h2-8H,9-10,12H2,1H3,(H,22,24). The number of carbonyl (C=O) groups excluding carboxylic acids is 1. The second-order valence-corrected chi connectivity index (χ2v) is 7.39. The second-order valence-electron chi connectivity index (χ2n) is 6.29. The lowest BCUT2D eigenvalue weighted by Crippen LogP contribution is -2.25. The van der Waals surface area contributed by atoms with E-state index in [0.717, 1.165) is 35.8 Å². The number of anilines is 1. The fourth-order valence-electron chi connectivity index (χ4n) is 3.33. The molecule has 3 aromatic rings. The first-order chi connectivity index (χ1) is 12.2. The van der Waals surface area contributed by atoms with Crippen LogP contribution in [-0.4, -0.2) is 24.4 Å². The second kappa shape index (κ2) is 6.32. The van der Waals surface area contributed by atoms with Crippen molar-refractivity contribution >= 4 is 33.0 Å². The van der Waals surface area contributed by atoms with Crippen LogP contribution >= 0.6 is 11.3 Å². The molecule has 1 aliphatic rings. The van der Waals surface area contributed by atoms with Gasteiger partial charge in [-0.25, -0.2) is 0 Å². The summed E-state index contributed by atoms with van der Waals surface area (Å²) in [6.45, 7) is 1.77. The van der Waals surface area contributed by atoms with Gasteiger partial charge in [0.2, 0.25) is 0 Å². The zero-order valence-corrected chi connectivity index (χ0v) is 14.7. The average Bonchev–Trinajstić information content (AvgIpc) is 2.97. The Morgan fingerprint density at radius 1 is 1.24 bits per heavy atom. The first-order valence-corrected chi connectivity index (χ1v) is 9.01. The number of hydrogen-bond donors (Lipinski definition) is 1. The van der Waals surface area contributed by atoms with Crippen LogP contribution in [0.15, 0.2) is 42.5 Å². The van der Waals surface area contributed by atoms with Crippen LogP contribution in [0.3, 0.4) is 0 Å². The minimum atomic E-state index is -0.166. The van der Waals surface area contributed by atoms with Crippen LogP contribution in [0.1, 0.15) is 26.4 Å². The molecule has 25 heavy (non-hydrogen) atoms. The van der Waals surface area contributed by atoms with Gasteiger partial charge < -0.3 is 10.2 Å². The summed E-state index contributed by atoms with van der Waals surface area (Å²) in [5.41, 5.74) is 2.35. The lowest BCUT2D eigenvalue weighted by Gasteiger charge is -2.21. The number of benzene rings is 2. The molecule has 0 atom stereocenters. The molecule has 0 unspecified atom stereocenters. The van der Waals surface area contributed by atoms with E-state index >= 15 is 0 Å². The highest BCUT2D eigenvalue weighted by molar-refractivity contribution is 7.16. The fourth-order valence-corrected chi connectivity index (χ4v) is 4.60. The third-order valence-electron chi connectivity index (χ3n) is 4.62. The van der Waals surface area contributed by atoms with Crippen LogP contribution in [0, 0.1) is 11.3 Å². The van der Waals surface area contributed by atoms with Crippen LogP contribution < -0.4 is 5.32 Å². The van der Waals surface area contributed by atoms with E-state index in [0.29, 0.717) is 16.1 Å². The lowest BCUT2D eigenvalue weighted by atomic mass is 10.0. The average molecular weight is 347 g/mol. The summed E-state index contributed by atoms with van der Waals surface area (Å²) >= 11 is 1.52. The van der Waals surface area contributed by atoms with E-state index in [4.69, 9.17) is 0 Å². The van der Waals surface area contributed by atoms with Gasteiger partial charge in [0.15, 0.2) is 0 Å². The molecule has 0 fully saturated rings. The summed E-state index contributed by atoms with van der Waals surface area (Å²) in [5.74, 6) is -0.166. The molecular weight excluding hydrogens is 330 g/mol. The topological polar surface area (TPSA) is 56.1 Å². The number of fused-ring (bicyclic) bond motifs is 2. The Morgan fingerprint density at radius 2 is 2.04 bits per heavy atom. The first kappa shape index (κ1) is 15.8. The molecule has 0 spiro atoms. The Labute approximate surface area is 150 Å². The molecule has 1 amide bonds. The molecular formula is C20H17N3OS. The van der Waals surface area contributed by atoms with Gasteiger partial charge in [0.05, 0.1) is 5.56 Å². The largest absolute Gasteiger partial charge is 0.312 e. The van der Waals surface area contributed by atoms with E-state index in [-0.39, 0.29) is 5.91 Å². The number of rotatable bonds is 2. The van der Waals surface area contributed by atoms with Gasteiger partial charge in [0, 0.05) is 23.5 Å². The SMILES string of the molecule is CN1CCc2c(sc(NC(=O)c3cccc4ccccc34)c2C#N)C1. The van der Waals surface area contributed by atoms with Crippen molar-refractivity contribution in [2.24, 2.45) is 0 Å². The van der Waals surface area contributed by atoms with Crippen molar-refractivity contribution in [3.63, 3.8) is 0 Å². The van der Waals surface area contributed by atoms with Gasteiger partial charge in [0.1, 0.15) is 11.1 Å². The summed E-state index contributed by atoms with van der Waals surface area (Å²) in [7, 11) is 2.07. The van der Waals surface area contributed by atoms with Crippen LogP contribution in [0.5, 0.6) is 0 Å². The van der Waals surface area contributed by atoms with Crippen LogP contribution in [0.4, 0.5) is 5.00 Å². The maximum Gasteiger partial charge on any atom is 0.256 e. The third-order valence-corrected chi connectivity index (χ3v) is 5.75. The summed E-state index contributed by atoms with van der Waals surface area (Å²) in [4.78, 5) is 16.3. The molecule has 4 nitrogen and oxygen atoms in total. The predicted octanol–water partition coefficient (Wildman–Crippen LogP) is 4.01. The van der Waals surface area contributed by atoms with Gasteiger partial charge in [-0.2, -0.15) is 5.26 Å². The number of amides is 1. The van der Waals surface area contributed by atoms with E-state index in [1.165, 1.54) is 16.2 Å². The van der Waals surface area contributed by atoms with Gasteiger partial charge in [-0.1, -0.05) is 36.4 Å². The first-order valence-electron chi connectivity index (χ1n) is 8.19. The monoisotopic (exact) mass is 347 g/mol. The highest BCUT2D eigenvalue weighted by Crippen LogP contribution is 2.36. The number of nitrogens with zero attached hydrogens (tertiary/aromatic N) is 2. The van der Waals surface area contributed by atoms with E-state index < -0.39 is 0 Å². The molecule has 0 saturated carbocycles. The summed E-state index contributed by atoms with van der Waals surface area (Å²) < 4.78 is 0. The molecule has 1 N–H and O–H groups in total. The lowest BCUT2D eigenvalue weighted by molar-refractivity contribution is 0.102. The van der Waals surface area contributed by atoms with Gasteiger partial charge in [-0.05, 0) is 35.9 Å². The maximum absolute atomic E-state index is 12.8. The highest BCUT2D eigenvalue weighted by Gasteiger charge is 2.24. The molecule has 5 heteroatoms. The molecule has 1 aromatic heterocycles. The zero-order valence-electron chi connectivity index (χ0n) is 13.9. The Bertz CT molecular complexity index is 1010. The Kier molecular flexibility index (Phi) is 4.00. The number of likely N-dealkylation sites (N-methyl/N-ethyl adjacent to an activating group) is 1. The van der Waals surface area contributed by atoms with Crippen molar-refractivity contribution in [1.29, 1.82) is 5.26 Å². The quantitative estimate of drug-likeness (QED) is 0.762. The number of nitriles is 1. The Balaban J connectivity index is 1.71. The molecule has 0 radical (unpaired) electrons. The van der Waals surface area contributed by atoms with Gasteiger partial charge in [0.25, 0.3) is 5.91 Å². The number of hydrogen-bond acceptors (Lipinski definition) is 4. The Hall–Kier alpha value is -2.68. The summed E-state index contributed by atoms with van der Waals surface area (Å²) in [6.07, 6.45) is 0.857. The van der Waals surface area contributed by atoms with Crippen molar-refractivity contribution in [3.8, 4) is 6.07 Å². The smallest absolute Gasteiger partial charge is 0.256 e. The van der Waals surface area contributed by atoms with Crippen molar-refractivity contribution in [1.82, 2.24) is 4.90 Å². The van der Waals surface area contributed by atoms with Gasteiger partial charge >= 0.3 is 0 Å². The minimum absolute atomic E-state index is 0.166. The van der Waals surface area contributed by atoms with E-state index in [2.05, 4.69) is 23.3 Å². The minimum Gasteiger partial charge on any atom is -0.312 e. The third kappa shape index (κ3) is 2.80. The van der Waals surface area contributed by atoms with E-state index in [9.17, 15) is 10.1 Å². The number of thiophene rings is 1. The fraction of sp³-hybridized carbons (Fsp3) is 0.200. The van der Waals surface area contributed by atoms with E-state index in [1.807, 2.05) is 42.5 Å². The molecule has 124 valence electrons. The van der Waals surface area contributed by atoms with Gasteiger partial charge in [-0.3, -0.25) is 4.79 Å². The number of nitrogens with one attached hydrogen (secondary N) is 1. The number of carbonyl (C=O) groups is 1. The van der Waals surface area contributed by atoms with Crippen LogP contribution in [0.2, 0.25) is 0 Å². The van der Waals surface area contributed by atoms with Crippen molar-refractivity contribution in [2.45, 2.75) is 13.0 Å². The maximum atomic E-state index is 12.8. The van der Waals surface area contributed by atoms with Crippen LogP contribution in [-0.2, 0) is 13.0 Å². The molecule has 1 aliphatic heterocycles. The van der Waals surface area contributed by atoms with E-state index in [1.54, 1.807) is 0 Å². The predicted molar refractivity (Wildman–Crippen MR) is 101 cm³/mol. The molecule has 2 aromatic carbocycles. The Morgan fingerprint density at radius 3 is 2.88 bits per heavy atom. The molecule has 0 aliphatic carbocycles. The molecule has 0 saturated heterocycles. The molecule has 4 rings (SSSR count). The summed E-state index contributed by atoms with van der Waals surface area (Å²) in [5, 5.41) is 15.2. The molecule has 2 heterocycles. The van der Waals surface area contributed by atoms with Crippen LogP contribution in [0.25, 0.3) is 10.8 Å². The van der Waals surface area contributed by atoms with Gasteiger partial charge in [-0.15, -0.1) is 11.3 Å².